The third-order valence-corrected chi connectivity index (χ3v) is 6.45. The van der Waals surface area contributed by atoms with Crippen LogP contribution in [0.5, 0.6) is 0 Å². The van der Waals surface area contributed by atoms with Gasteiger partial charge in [-0.3, -0.25) is 0 Å². The Morgan fingerprint density at radius 3 is 2.04 bits per heavy atom. The van der Waals surface area contributed by atoms with Crippen LogP contribution in [0.15, 0.2) is 0 Å². The number of hydrogen-bond acceptors (Lipinski definition) is 1. The molecule has 0 aromatic rings. The minimum atomic E-state index is -0.768. The van der Waals surface area contributed by atoms with Gasteiger partial charge < -0.3 is 4.74 Å². The average molecular weight is 327 g/mol. The third-order valence-electron chi connectivity index (χ3n) is 6.45. The van der Waals surface area contributed by atoms with Crippen molar-refractivity contribution in [2.75, 3.05) is 6.61 Å². The second-order valence-corrected chi connectivity index (χ2v) is 8.15. The smallest absolute Gasteiger partial charge is 0.123 e. The summed E-state index contributed by atoms with van der Waals surface area (Å²) in [6, 6.07) is 0. The first kappa shape index (κ1) is 19.2. The quantitative estimate of drug-likeness (QED) is 0.428. The standard InChI is InChI=1S/C21H39FO/c1-3-5-6-7-17-8-10-18(11-9-17)19-12-14-21(15-13-19)23-16-20(22)4-2/h17-21H,3-16H2,1-2H3. The van der Waals surface area contributed by atoms with Crippen molar-refractivity contribution in [3.8, 4) is 0 Å². The third kappa shape index (κ3) is 6.72. The molecule has 2 saturated carbocycles. The van der Waals surface area contributed by atoms with E-state index < -0.39 is 6.17 Å². The van der Waals surface area contributed by atoms with Crippen LogP contribution in [0.2, 0.25) is 0 Å². The number of rotatable bonds is 9. The van der Waals surface area contributed by atoms with Crippen LogP contribution in [-0.2, 0) is 4.74 Å². The molecule has 1 unspecified atom stereocenters. The molecule has 0 spiro atoms. The summed E-state index contributed by atoms with van der Waals surface area (Å²) in [4.78, 5) is 0. The van der Waals surface area contributed by atoms with Crippen molar-refractivity contribution in [1.82, 2.24) is 0 Å². The first-order valence-electron chi connectivity index (χ1n) is 10.5. The zero-order valence-electron chi connectivity index (χ0n) is 15.6. The van der Waals surface area contributed by atoms with E-state index in [0.29, 0.717) is 19.1 Å². The summed E-state index contributed by atoms with van der Waals surface area (Å²) in [7, 11) is 0. The summed E-state index contributed by atoms with van der Waals surface area (Å²) in [5.74, 6) is 2.93. The van der Waals surface area contributed by atoms with E-state index in [2.05, 4.69) is 6.92 Å². The van der Waals surface area contributed by atoms with E-state index in [-0.39, 0.29) is 0 Å². The molecule has 2 heteroatoms. The van der Waals surface area contributed by atoms with Gasteiger partial charge in [-0.25, -0.2) is 4.39 Å². The van der Waals surface area contributed by atoms with E-state index >= 15 is 0 Å². The van der Waals surface area contributed by atoms with Gasteiger partial charge in [-0.2, -0.15) is 0 Å². The molecule has 0 radical (unpaired) electrons. The maximum atomic E-state index is 13.3. The molecule has 136 valence electrons. The molecule has 0 saturated heterocycles. The molecule has 1 nitrogen and oxygen atoms in total. The van der Waals surface area contributed by atoms with E-state index in [1.165, 1.54) is 64.2 Å². The second kappa shape index (κ2) is 10.7. The van der Waals surface area contributed by atoms with E-state index in [9.17, 15) is 4.39 Å². The normalized spacial score (nSPS) is 33.5. The van der Waals surface area contributed by atoms with Gasteiger partial charge in [0.2, 0.25) is 0 Å². The minimum Gasteiger partial charge on any atom is -0.375 e. The summed E-state index contributed by atoms with van der Waals surface area (Å²) in [6.07, 6.45) is 16.7. The highest BCUT2D eigenvalue weighted by atomic mass is 19.1. The fraction of sp³-hybridized carbons (Fsp3) is 1.00. The van der Waals surface area contributed by atoms with Gasteiger partial charge in [0.15, 0.2) is 0 Å². The van der Waals surface area contributed by atoms with Crippen molar-refractivity contribution in [3.05, 3.63) is 0 Å². The first-order valence-corrected chi connectivity index (χ1v) is 10.5. The van der Waals surface area contributed by atoms with Crippen LogP contribution in [0, 0.1) is 17.8 Å². The summed E-state index contributed by atoms with van der Waals surface area (Å²) in [5, 5.41) is 0. The number of unbranched alkanes of at least 4 members (excludes halogenated alkanes) is 2. The predicted molar refractivity (Wildman–Crippen MR) is 96.5 cm³/mol. The average Bonchev–Trinajstić information content (AvgIpc) is 2.61. The van der Waals surface area contributed by atoms with Gasteiger partial charge in [0.25, 0.3) is 0 Å². The van der Waals surface area contributed by atoms with Gasteiger partial charge in [-0.15, -0.1) is 0 Å². The Morgan fingerprint density at radius 1 is 0.870 bits per heavy atom. The Hall–Kier alpha value is -0.110. The van der Waals surface area contributed by atoms with Crippen molar-refractivity contribution >= 4 is 0 Å². The van der Waals surface area contributed by atoms with Gasteiger partial charge in [-0.1, -0.05) is 52.4 Å². The molecule has 2 fully saturated rings. The van der Waals surface area contributed by atoms with E-state index in [1.54, 1.807) is 0 Å². The fourth-order valence-corrected chi connectivity index (χ4v) is 4.72. The molecule has 0 heterocycles. The largest absolute Gasteiger partial charge is 0.375 e. The van der Waals surface area contributed by atoms with Crippen molar-refractivity contribution in [1.29, 1.82) is 0 Å². The zero-order chi connectivity index (χ0) is 16.5. The molecule has 0 amide bonds. The molecular weight excluding hydrogens is 287 g/mol. The van der Waals surface area contributed by atoms with Gasteiger partial charge >= 0.3 is 0 Å². The lowest BCUT2D eigenvalue weighted by Gasteiger charge is -2.38. The fourth-order valence-electron chi connectivity index (χ4n) is 4.72. The molecule has 23 heavy (non-hydrogen) atoms. The molecule has 0 aromatic carbocycles. The Balaban J connectivity index is 1.59. The number of alkyl halides is 1. The van der Waals surface area contributed by atoms with Crippen LogP contribution in [0.25, 0.3) is 0 Å². The molecule has 2 aliphatic carbocycles. The van der Waals surface area contributed by atoms with Gasteiger partial charge in [0.05, 0.1) is 12.7 Å². The lowest BCUT2D eigenvalue weighted by Crippen LogP contribution is -2.29. The molecule has 0 N–H and O–H groups in total. The maximum Gasteiger partial charge on any atom is 0.123 e. The summed E-state index contributed by atoms with van der Waals surface area (Å²) >= 11 is 0. The summed E-state index contributed by atoms with van der Waals surface area (Å²) in [6.45, 7) is 4.51. The lowest BCUT2D eigenvalue weighted by molar-refractivity contribution is -0.0163. The van der Waals surface area contributed by atoms with Crippen LogP contribution < -0.4 is 0 Å². The number of halogens is 1. The van der Waals surface area contributed by atoms with Crippen LogP contribution in [0.1, 0.15) is 97.3 Å². The van der Waals surface area contributed by atoms with Crippen molar-refractivity contribution < 1.29 is 9.13 Å². The van der Waals surface area contributed by atoms with Crippen molar-refractivity contribution in [2.24, 2.45) is 17.8 Å². The topological polar surface area (TPSA) is 9.23 Å². The Bertz CT molecular complexity index is 290. The Kier molecular flexibility index (Phi) is 8.93. The number of hydrogen-bond donors (Lipinski definition) is 0. The molecular formula is C21H39FO. The highest BCUT2D eigenvalue weighted by molar-refractivity contribution is 4.82. The lowest BCUT2D eigenvalue weighted by atomic mass is 9.70. The molecule has 2 aliphatic rings. The molecule has 0 aliphatic heterocycles. The van der Waals surface area contributed by atoms with E-state index in [1.807, 2.05) is 6.92 Å². The van der Waals surface area contributed by atoms with E-state index in [0.717, 1.165) is 30.6 Å². The number of ether oxygens (including phenoxy) is 1. The van der Waals surface area contributed by atoms with Crippen LogP contribution in [-0.4, -0.2) is 18.9 Å². The molecule has 2 rings (SSSR count). The Morgan fingerprint density at radius 2 is 1.48 bits per heavy atom. The van der Waals surface area contributed by atoms with Crippen LogP contribution in [0.3, 0.4) is 0 Å². The van der Waals surface area contributed by atoms with Gasteiger partial charge in [0.1, 0.15) is 6.17 Å². The summed E-state index contributed by atoms with van der Waals surface area (Å²) in [5.41, 5.74) is 0. The van der Waals surface area contributed by atoms with Crippen LogP contribution in [0.4, 0.5) is 4.39 Å². The SMILES string of the molecule is CCCCCC1CCC(C2CCC(OCC(F)CC)CC2)CC1. The monoisotopic (exact) mass is 326 g/mol. The Labute approximate surface area is 143 Å². The van der Waals surface area contributed by atoms with Crippen molar-refractivity contribution in [2.45, 2.75) is 110 Å². The highest BCUT2D eigenvalue weighted by Gasteiger charge is 2.31. The second-order valence-electron chi connectivity index (χ2n) is 8.15. The predicted octanol–water partition coefficient (Wildman–Crippen LogP) is 6.70. The molecule has 0 bridgehead atoms. The first-order chi connectivity index (χ1) is 11.2. The van der Waals surface area contributed by atoms with Crippen molar-refractivity contribution in [3.63, 3.8) is 0 Å². The van der Waals surface area contributed by atoms with Crippen LogP contribution >= 0.6 is 0 Å². The molecule has 1 atom stereocenters. The minimum absolute atomic E-state index is 0.314. The zero-order valence-corrected chi connectivity index (χ0v) is 15.6. The van der Waals surface area contributed by atoms with Gasteiger partial charge in [-0.05, 0) is 62.7 Å². The highest BCUT2D eigenvalue weighted by Crippen LogP contribution is 2.41. The molecule has 0 aromatic heterocycles. The van der Waals surface area contributed by atoms with Gasteiger partial charge in [0, 0.05) is 0 Å². The summed E-state index contributed by atoms with van der Waals surface area (Å²) < 4.78 is 19.0. The van der Waals surface area contributed by atoms with E-state index in [4.69, 9.17) is 4.74 Å². The maximum absolute atomic E-state index is 13.3.